The van der Waals surface area contributed by atoms with Crippen molar-refractivity contribution < 1.29 is 14.3 Å². The number of anilines is 1. The van der Waals surface area contributed by atoms with Gasteiger partial charge in [0.05, 0.1) is 24.1 Å². The van der Waals surface area contributed by atoms with Crippen molar-refractivity contribution in [2.24, 2.45) is 23.2 Å². The molecule has 108 valence electrons. The lowest BCUT2D eigenvalue weighted by molar-refractivity contribution is -0.127. The molecule has 2 amide bonds. The van der Waals surface area contributed by atoms with Gasteiger partial charge in [-0.3, -0.25) is 9.59 Å². The maximum absolute atomic E-state index is 13.0. The van der Waals surface area contributed by atoms with Crippen LogP contribution in [0.5, 0.6) is 5.75 Å². The van der Waals surface area contributed by atoms with E-state index in [1.807, 2.05) is 19.1 Å². The Bertz CT molecular complexity index is 680. The van der Waals surface area contributed by atoms with Gasteiger partial charge < -0.3 is 4.74 Å². The number of methoxy groups -OCH3 is 1. The van der Waals surface area contributed by atoms with Gasteiger partial charge in [-0.2, -0.15) is 0 Å². The SMILES string of the molecule is COc1ccccc1N1C(=O)[C@@H]2[C@H]3C=C[C@@H](C3)[C@]2(C)C1=O. The van der Waals surface area contributed by atoms with Crippen LogP contribution in [0.15, 0.2) is 36.4 Å². The molecule has 0 radical (unpaired) electrons. The normalized spacial score (nSPS) is 36.5. The second-order valence-electron chi connectivity index (χ2n) is 6.30. The topological polar surface area (TPSA) is 46.6 Å². The van der Waals surface area contributed by atoms with E-state index < -0.39 is 5.41 Å². The Morgan fingerprint density at radius 2 is 2.00 bits per heavy atom. The summed E-state index contributed by atoms with van der Waals surface area (Å²) in [6.45, 7) is 1.95. The number of amides is 2. The van der Waals surface area contributed by atoms with Crippen molar-refractivity contribution in [2.45, 2.75) is 13.3 Å². The summed E-state index contributed by atoms with van der Waals surface area (Å²) in [5.41, 5.74) is -0.0258. The summed E-state index contributed by atoms with van der Waals surface area (Å²) < 4.78 is 5.32. The van der Waals surface area contributed by atoms with Gasteiger partial charge in [0.15, 0.2) is 0 Å². The molecular weight excluding hydrogens is 266 g/mol. The smallest absolute Gasteiger partial charge is 0.241 e. The minimum atomic E-state index is -0.586. The molecule has 4 atom stereocenters. The summed E-state index contributed by atoms with van der Waals surface area (Å²) in [5.74, 6) is 0.565. The molecule has 1 aliphatic heterocycles. The van der Waals surface area contributed by atoms with Gasteiger partial charge in [-0.25, -0.2) is 4.90 Å². The second-order valence-corrected chi connectivity index (χ2v) is 6.30. The molecule has 0 aromatic heterocycles. The Labute approximate surface area is 123 Å². The molecule has 0 unspecified atom stereocenters. The molecule has 0 spiro atoms. The molecule has 21 heavy (non-hydrogen) atoms. The van der Waals surface area contributed by atoms with E-state index in [9.17, 15) is 9.59 Å². The lowest BCUT2D eigenvalue weighted by atomic mass is 9.71. The molecule has 2 bridgehead atoms. The van der Waals surface area contributed by atoms with Crippen molar-refractivity contribution in [1.82, 2.24) is 0 Å². The largest absolute Gasteiger partial charge is 0.495 e. The Balaban J connectivity index is 1.83. The number of benzene rings is 1. The summed E-state index contributed by atoms with van der Waals surface area (Å²) in [7, 11) is 1.55. The number of rotatable bonds is 2. The Morgan fingerprint density at radius 3 is 2.71 bits per heavy atom. The van der Waals surface area contributed by atoms with E-state index in [0.29, 0.717) is 11.4 Å². The van der Waals surface area contributed by atoms with Crippen LogP contribution in [0.1, 0.15) is 13.3 Å². The van der Waals surface area contributed by atoms with E-state index in [-0.39, 0.29) is 29.6 Å². The third-order valence-corrected chi connectivity index (χ3v) is 5.44. The van der Waals surface area contributed by atoms with Crippen LogP contribution in [0.25, 0.3) is 0 Å². The fourth-order valence-electron chi connectivity index (χ4n) is 4.35. The van der Waals surface area contributed by atoms with Crippen molar-refractivity contribution in [1.29, 1.82) is 0 Å². The van der Waals surface area contributed by atoms with Gasteiger partial charge in [0, 0.05) is 0 Å². The first-order valence-corrected chi connectivity index (χ1v) is 7.28. The highest BCUT2D eigenvalue weighted by Crippen LogP contribution is 2.61. The van der Waals surface area contributed by atoms with Gasteiger partial charge in [0.25, 0.3) is 0 Å². The van der Waals surface area contributed by atoms with E-state index in [1.54, 1.807) is 19.2 Å². The molecule has 4 nitrogen and oxygen atoms in total. The zero-order valence-corrected chi connectivity index (χ0v) is 12.1. The number of imide groups is 1. The van der Waals surface area contributed by atoms with Crippen molar-refractivity contribution >= 4 is 17.5 Å². The molecule has 2 aliphatic carbocycles. The first kappa shape index (κ1) is 12.6. The summed E-state index contributed by atoms with van der Waals surface area (Å²) in [5, 5.41) is 0. The molecule has 1 aromatic rings. The standard InChI is InChI=1S/C17H17NO3/c1-17-11-8-7-10(9-11)14(17)15(19)18(16(17)20)12-5-3-4-6-13(12)21-2/h3-8,10-11,14H,9H2,1-2H3/t10-,11-,14-,17-/m0/s1. The number of carbonyl (C=O) groups excluding carboxylic acids is 2. The summed E-state index contributed by atoms with van der Waals surface area (Å²) in [6, 6.07) is 7.20. The Hall–Kier alpha value is -2.10. The highest BCUT2D eigenvalue weighted by Gasteiger charge is 2.67. The van der Waals surface area contributed by atoms with E-state index in [4.69, 9.17) is 4.74 Å². The fraction of sp³-hybridized carbons (Fsp3) is 0.412. The van der Waals surface area contributed by atoms with Crippen molar-refractivity contribution in [2.75, 3.05) is 12.0 Å². The van der Waals surface area contributed by atoms with Crippen LogP contribution in [-0.2, 0) is 9.59 Å². The number of fused-ring (bicyclic) bond motifs is 5. The average Bonchev–Trinajstić information content (AvgIpc) is 3.12. The van der Waals surface area contributed by atoms with Gasteiger partial charge in [-0.1, -0.05) is 24.3 Å². The molecule has 4 heteroatoms. The number of para-hydroxylation sites is 2. The van der Waals surface area contributed by atoms with Crippen LogP contribution in [-0.4, -0.2) is 18.9 Å². The molecule has 1 saturated carbocycles. The third-order valence-electron chi connectivity index (χ3n) is 5.44. The summed E-state index contributed by atoms with van der Waals surface area (Å²) in [4.78, 5) is 27.2. The van der Waals surface area contributed by atoms with Crippen LogP contribution in [0.4, 0.5) is 5.69 Å². The van der Waals surface area contributed by atoms with Crippen LogP contribution in [0.3, 0.4) is 0 Å². The third kappa shape index (κ3) is 1.35. The van der Waals surface area contributed by atoms with Gasteiger partial charge in [0.2, 0.25) is 11.8 Å². The number of nitrogens with zero attached hydrogens (tertiary/aromatic N) is 1. The molecule has 2 fully saturated rings. The Kier molecular flexibility index (Phi) is 2.39. The number of ether oxygens (including phenoxy) is 1. The quantitative estimate of drug-likeness (QED) is 0.618. The maximum Gasteiger partial charge on any atom is 0.241 e. The van der Waals surface area contributed by atoms with Crippen LogP contribution in [0, 0.1) is 23.2 Å². The number of carbonyl (C=O) groups is 2. The molecule has 0 N–H and O–H groups in total. The highest BCUT2D eigenvalue weighted by molar-refractivity contribution is 6.25. The first-order valence-electron chi connectivity index (χ1n) is 7.28. The molecule has 3 aliphatic rings. The van der Waals surface area contributed by atoms with Crippen LogP contribution in [0.2, 0.25) is 0 Å². The number of hydrogen-bond acceptors (Lipinski definition) is 3. The lowest BCUT2D eigenvalue weighted by Gasteiger charge is -2.28. The minimum Gasteiger partial charge on any atom is -0.495 e. The second kappa shape index (κ2) is 3.97. The fourth-order valence-corrected chi connectivity index (χ4v) is 4.35. The Morgan fingerprint density at radius 1 is 1.24 bits per heavy atom. The zero-order chi connectivity index (χ0) is 14.8. The summed E-state index contributed by atoms with van der Waals surface area (Å²) in [6.07, 6.45) is 5.14. The molecule has 1 aromatic carbocycles. The first-order chi connectivity index (χ1) is 10.1. The lowest BCUT2D eigenvalue weighted by Crippen LogP contribution is -2.37. The van der Waals surface area contributed by atoms with E-state index in [1.165, 1.54) is 4.90 Å². The van der Waals surface area contributed by atoms with Gasteiger partial charge in [-0.15, -0.1) is 0 Å². The van der Waals surface area contributed by atoms with E-state index >= 15 is 0 Å². The zero-order valence-electron chi connectivity index (χ0n) is 12.1. The predicted octanol–water partition coefficient (Wildman–Crippen LogP) is 2.40. The number of allylic oxidation sites excluding steroid dienone is 2. The number of hydrogen-bond donors (Lipinski definition) is 0. The van der Waals surface area contributed by atoms with E-state index in [2.05, 4.69) is 12.2 Å². The van der Waals surface area contributed by atoms with Crippen LogP contribution >= 0.6 is 0 Å². The average molecular weight is 283 g/mol. The molecular formula is C17H17NO3. The van der Waals surface area contributed by atoms with Crippen molar-refractivity contribution in [3.63, 3.8) is 0 Å². The van der Waals surface area contributed by atoms with Gasteiger partial charge in [0.1, 0.15) is 5.75 Å². The maximum atomic E-state index is 13.0. The van der Waals surface area contributed by atoms with Gasteiger partial charge >= 0.3 is 0 Å². The minimum absolute atomic E-state index is 0.0798. The van der Waals surface area contributed by atoms with Crippen molar-refractivity contribution in [3.05, 3.63) is 36.4 Å². The van der Waals surface area contributed by atoms with Crippen LogP contribution < -0.4 is 9.64 Å². The van der Waals surface area contributed by atoms with Crippen molar-refractivity contribution in [3.8, 4) is 5.75 Å². The molecule has 4 rings (SSSR count). The monoisotopic (exact) mass is 283 g/mol. The van der Waals surface area contributed by atoms with E-state index in [0.717, 1.165) is 6.42 Å². The highest BCUT2D eigenvalue weighted by atomic mass is 16.5. The predicted molar refractivity (Wildman–Crippen MR) is 77.8 cm³/mol. The van der Waals surface area contributed by atoms with Gasteiger partial charge in [-0.05, 0) is 37.3 Å². The molecule has 1 saturated heterocycles. The molecule has 1 heterocycles. The summed E-state index contributed by atoms with van der Waals surface area (Å²) >= 11 is 0.